The summed E-state index contributed by atoms with van der Waals surface area (Å²) in [5.41, 5.74) is 1.85. The monoisotopic (exact) mass is 319 g/mol. The van der Waals surface area contributed by atoms with Crippen LogP contribution in [0.2, 0.25) is 5.02 Å². The number of halogens is 1. The van der Waals surface area contributed by atoms with Crippen LogP contribution in [0.1, 0.15) is 16.3 Å². The minimum atomic E-state index is -0.344. The number of hydrogen-bond donors (Lipinski definition) is 2. The number of aromatic nitrogens is 4. The highest BCUT2D eigenvalue weighted by atomic mass is 35.5. The molecule has 0 saturated heterocycles. The number of nitrogens with one attached hydrogen (secondary N) is 2. The minimum Gasteiger partial charge on any atom is -0.497 e. The third-order valence-corrected chi connectivity index (χ3v) is 3.43. The third-order valence-electron chi connectivity index (χ3n) is 3.15. The van der Waals surface area contributed by atoms with E-state index in [1.54, 1.807) is 20.4 Å². The van der Waals surface area contributed by atoms with E-state index in [1.807, 2.05) is 18.2 Å². The van der Waals surface area contributed by atoms with Crippen molar-refractivity contribution in [3.05, 3.63) is 40.9 Å². The van der Waals surface area contributed by atoms with Crippen LogP contribution in [0.15, 0.2) is 24.4 Å². The van der Waals surface area contributed by atoms with Crippen LogP contribution in [0.3, 0.4) is 0 Å². The van der Waals surface area contributed by atoms with Crippen LogP contribution in [0.25, 0.3) is 11.0 Å². The van der Waals surface area contributed by atoms with Crippen molar-refractivity contribution in [1.29, 1.82) is 0 Å². The first-order valence-corrected chi connectivity index (χ1v) is 6.94. The molecule has 0 unspecified atom stereocenters. The lowest BCUT2D eigenvalue weighted by atomic mass is 10.3. The zero-order chi connectivity index (χ0) is 15.7. The molecule has 1 amide bonds. The van der Waals surface area contributed by atoms with Gasteiger partial charge in [0.1, 0.15) is 11.6 Å². The van der Waals surface area contributed by atoms with Gasteiger partial charge in [-0.25, -0.2) is 4.98 Å². The third kappa shape index (κ3) is 2.75. The smallest absolute Gasteiger partial charge is 0.273 e. The topological polar surface area (TPSA) is 84.8 Å². The van der Waals surface area contributed by atoms with E-state index >= 15 is 0 Å². The highest BCUT2D eigenvalue weighted by molar-refractivity contribution is 6.33. The number of H-pyrrole nitrogens is 1. The van der Waals surface area contributed by atoms with Crippen molar-refractivity contribution in [3.8, 4) is 5.75 Å². The Morgan fingerprint density at radius 2 is 2.32 bits per heavy atom. The SMILES string of the molecule is COc1ccc2nc(CNC(=O)c3nn(C)cc3Cl)[nH]c2c1. The summed E-state index contributed by atoms with van der Waals surface area (Å²) in [6, 6.07) is 5.54. The molecule has 1 aromatic carbocycles. The van der Waals surface area contributed by atoms with Crippen molar-refractivity contribution in [2.24, 2.45) is 7.05 Å². The first-order chi connectivity index (χ1) is 10.6. The number of ether oxygens (including phenoxy) is 1. The van der Waals surface area contributed by atoms with E-state index in [4.69, 9.17) is 16.3 Å². The Balaban J connectivity index is 1.73. The maximum Gasteiger partial charge on any atom is 0.273 e. The average Bonchev–Trinajstić information content (AvgIpc) is 3.06. The van der Waals surface area contributed by atoms with Crippen molar-refractivity contribution in [3.63, 3.8) is 0 Å². The van der Waals surface area contributed by atoms with Gasteiger partial charge in [-0.05, 0) is 12.1 Å². The number of amides is 1. The van der Waals surface area contributed by atoms with Crippen LogP contribution in [0.5, 0.6) is 5.75 Å². The molecule has 0 bridgehead atoms. The minimum absolute atomic E-state index is 0.196. The first-order valence-electron chi connectivity index (χ1n) is 6.57. The van der Waals surface area contributed by atoms with Gasteiger partial charge in [0.05, 0.1) is 29.7 Å². The first kappa shape index (κ1) is 14.4. The van der Waals surface area contributed by atoms with Gasteiger partial charge in [-0.3, -0.25) is 9.48 Å². The van der Waals surface area contributed by atoms with E-state index in [9.17, 15) is 4.79 Å². The average molecular weight is 320 g/mol. The lowest BCUT2D eigenvalue weighted by Crippen LogP contribution is -2.24. The molecular weight excluding hydrogens is 306 g/mol. The fraction of sp³-hybridized carbons (Fsp3) is 0.214. The van der Waals surface area contributed by atoms with E-state index in [2.05, 4.69) is 20.4 Å². The molecule has 0 aliphatic heterocycles. The molecule has 3 rings (SSSR count). The highest BCUT2D eigenvalue weighted by Gasteiger charge is 2.15. The number of nitrogens with zero attached hydrogens (tertiary/aromatic N) is 3. The van der Waals surface area contributed by atoms with Gasteiger partial charge in [0.2, 0.25) is 0 Å². The summed E-state index contributed by atoms with van der Waals surface area (Å²) in [7, 11) is 3.31. The van der Waals surface area contributed by atoms with Gasteiger partial charge in [0, 0.05) is 19.3 Å². The van der Waals surface area contributed by atoms with Crippen LogP contribution in [-0.2, 0) is 13.6 Å². The van der Waals surface area contributed by atoms with Crippen LogP contribution in [-0.4, -0.2) is 32.8 Å². The maximum atomic E-state index is 12.0. The molecule has 0 saturated carbocycles. The molecule has 0 radical (unpaired) electrons. The number of carbonyl (C=O) groups excluding carboxylic acids is 1. The van der Waals surface area contributed by atoms with Gasteiger partial charge in [-0.2, -0.15) is 5.10 Å². The lowest BCUT2D eigenvalue weighted by Gasteiger charge is -2.00. The van der Waals surface area contributed by atoms with Gasteiger partial charge < -0.3 is 15.0 Å². The Labute approximate surface area is 131 Å². The highest BCUT2D eigenvalue weighted by Crippen LogP contribution is 2.18. The Hall–Kier alpha value is -2.54. The molecule has 22 heavy (non-hydrogen) atoms. The number of aromatic amines is 1. The second kappa shape index (κ2) is 5.69. The van der Waals surface area contributed by atoms with E-state index in [0.29, 0.717) is 10.8 Å². The standard InChI is InChI=1S/C14H14ClN5O2/c1-20-7-9(15)13(19-20)14(21)16-6-12-17-10-4-3-8(22-2)5-11(10)18-12/h3-5,7H,6H2,1-2H3,(H,16,21)(H,17,18). The molecule has 2 heterocycles. The Morgan fingerprint density at radius 1 is 1.50 bits per heavy atom. The Bertz CT molecular complexity index is 839. The van der Waals surface area contributed by atoms with Crippen LogP contribution in [0, 0.1) is 0 Å². The largest absolute Gasteiger partial charge is 0.497 e. The van der Waals surface area contributed by atoms with Gasteiger partial charge in [-0.1, -0.05) is 11.6 Å². The summed E-state index contributed by atoms with van der Waals surface area (Å²) in [5.74, 6) is 1.04. The fourth-order valence-corrected chi connectivity index (χ4v) is 2.38. The summed E-state index contributed by atoms with van der Waals surface area (Å²) >= 11 is 5.94. The molecule has 8 heteroatoms. The number of imidazole rings is 1. The number of rotatable bonds is 4. The maximum absolute atomic E-state index is 12.0. The van der Waals surface area contributed by atoms with E-state index in [1.165, 1.54) is 4.68 Å². The molecule has 2 aromatic heterocycles. The Morgan fingerprint density at radius 3 is 3.00 bits per heavy atom. The van der Waals surface area contributed by atoms with Gasteiger partial charge in [0.15, 0.2) is 5.69 Å². The molecule has 0 aliphatic carbocycles. The van der Waals surface area contributed by atoms with Crippen molar-refractivity contribution in [2.45, 2.75) is 6.54 Å². The quantitative estimate of drug-likeness (QED) is 0.769. The second-order valence-corrected chi connectivity index (χ2v) is 5.16. The molecule has 0 fully saturated rings. The molecule has 0 aliphatic rings. The van der Waals surface area contributed by atoms with Gasteiger partial charge in [-0.15, -0.1) is 0 Å². The molecule has 2 N–H and O–H groups in total. The summed E-state index contributed by atoms with van der Waals surface area (Å²) in [5, 5.41) is 7.06. The summed E-state index contributed by atoms with van der Waals surface area (Å²) in [4.78, 5) is 19.6. The zero-order valence-corrected chi connectivity index (χ0v) is 12.8. The van der Waals surface area contributed by atoms with Crippen molar-refractivity contribution < 1.29 is 9.53 Å². The van der Waals surface area contributed by atoms with Gasteiger partial charge >= 0.3 is 0 Å². The summed E-state index contributed by atoms with van der Waals surface area (Å²) in [6.07, 6.45) is 1.57. The summed E-state index contributed by atoms with van der Waals surface area (Å²) in [6.45, 7) is 0.253. The Kier molecular flexibility index (Phi) is 3.72. The number of fused-ring (bicyclic) bond motifs is 1. The van der Waals surface area contributed by atoms with Crippen molar-refractivity contribution >= 4 is 28.5 Å². The van der Waals surface area contributed by atoms with Crippen molar-refractivity contribution in [1.82, 2.24) is 25.1 Å². The molecule has 0 atom stereocenters. The van der Waals surface area contributed by atoms with Crippen LogP contribution < -0.4 is 10.1 Å². The fourth-order valence-electron chi connectivity index (χ4n) is 2.11. The number of carbonyl (C=O) groups is 1. The van der Waals surface area contributed by atoms with Crippen LogP contribution >= 0.6 is 11.6 Å². The number of aryl methyl sites for hydroxylation is 1. The number of methoxy groups -OCH3 is 1. The van der Waals surface area contributed by atoms with Crippen molar-refractivity contribution in [2.75, 3.05) is 7.11 Å². The number of benzene rings is 1. The van der Waals surface area contributed by atoms with Crippen LogP contribution in [0.4, 0.5) is 0 Å². The lowest BCUT2D eigenvalue weighted by molar-refractivity contribution is 0.0944. The van der Waals surface area contributed by atoms with E-state index in [-0.39, 0.29) is 18.1 Å². The molecule has 0 spiro atoms. The second-order valence-electron chi connectivity index (χ2n) is 4.75. The predicted octanol–water partition coefficient (Wildman–Crippen LogP) is 1.89. The molecule has 3 aromatic rings. The van der Waals surface area contributed by atoms with Gasteiger partial charge in [0.25, 0.3) is 5.91 Å². The molecule has 114 valence electrons. The molecular formula is C14H14ClN5O2. The normalized spacial score (nSPS) is 10.9. The molecule has 7 nitrogen and oxygen atoms in total. The zero-order valence-electron chi connectivity index (χ0n) is 12.1. The number of hydrogen-bond acceptors (Lipinski definition) is 4. The van der Waals surface area contributed by atoms with E-state index < -0.39 is 0 Å². The summed E-state index contributed by atoms with van der Waals surface area (Å²) < 4.78 is 6.65. The predicted molar refractivity (Wildman–Crippen MR) is 82.0 cm³/mol. The van der Waals surface area contributed by atoms with E-state index in [0.717, 1.165) is 16.8 Å².